The lowest BCUT2D eigenvalue weighted by atomic mass is 10.1. The van der Waals surface area contributed by atoms with Crippen molar-refractivity contribution in [2.24, 2.45) is 0 Å². The van der Waals surface area contributed by atoms with E-state index in [1.54, 1.807) is 17.5 Å². The van der Waals surface area contributed by atoms with E-state index in [9.17, 15) is 0 Å². The number of hydrogen-bond acceptors (Lipinski definition) is 4. The van der Waals surface area contributed by atoms with E-state index >= 15 is 0 Å². The SMILES string of the molecule is Cc1csc([C@H](C)Nc2ccnc3ccc(Cl)cc23)n1. The number of anilines is 1. The number of aromatic nitrogens is 2. The molecular formula is C15H14ClN3S. The number of pyridine rings is 1. The van der Waals surface area contributed by atoms with Crippen LogP contribution in [0.5, 0.6) is 0 Å². The van der Waals surface area contributed by atoms with Crippen molar-refractivity contribution >= 4 is 39.5 Å². The summed E-state index contributed by atoms with van der Waals surface area (Å²) in [6.45, 7) is 4.11. The zero-order chi connectivity index (χ0) is 14.1. The van der Waals surface area contributed by atoms with Crippen LogP contribution in [0, 0.1) is 6.92 Å². The quantitative estimate of drug-likeness (QED) is 0.753. The minimum atomic E-state index is 0.151. The molecule has 0 aliphatic rings. The summed E-state index contributed by atoms with van der Waals surface area (Å²) in [7, 11) is 0. The van der Waals surface area contributed by atoms with Crippen LogP contribution >= 0.6 is 22.9 Å². The number of nitrogens with one attached hydrogen (secondary N) is 1. The molecule has 0 radical (unpaired) electrons. The van der Waals surface area contributed by atoms with Gasteiger partial charge >= 0.3 is 0 Å². The Balaban J connectivity index is 1.96. The van der Waals surface area contributed by atoms with Crippen LogP contribution in [-0.2, 0) is 0 Å². The number of rotatable bonds is 3. The van der Waals surface area contributed by atoms with Crippen molar-refractivity contribution in [2.45, 2.75) is 19.9 Å². The highest BCUT2D eigenvalue weighted by atomic mass is 35.5. The molecule has 102 valence electrons. The van der Waals surface area contributed by atoms with E-state index in [1.165, 1.54) is 0 Å². The van der Waals surface area contributed by atoms with Gasteiger partial charge < -0.3 is 5.32 Å². The summed E-state index contributed by atoms with van der Waals surface area (Å²) >= 11 is 7.75. The zero-order valence-corrected chi connectivity index (χ0v) is 12.8. The van der Waals surface area contributed by atoms with E-state index in [0.717, 1.165) is 27.3 Å². The van der Waals surface area contributed by atoms with Gasteiger partial charge in [-0.05, 0) is 38.1 Å². The molecule has 2 heterocycles. The van der Waals surface area contributed by atoms with Crippen LogP contribution in [0.4, 0.5) is 5.69 Å². The maximum atomic E-state index is 6.08. The topological polar surface area (TPSA) is 37.8 Å². The summed E-state index contributed by atoms with van der Waals surface area (Å²) in [5.74, 6) is 0. The van der Waals surface area contributed by atoms with Gasteiger partial charge in [-0.25, -0.2) is 4.98 Å². The molecule has 2 aromatic heterocycles. The Labute approximate surface area is 126 Å². The predicted octanol–water partition coefficient (Wildman–Crippen LogP) is 4.83. The van der Waals surface area contributed by atoms with Gasteiger partial charge in [0.2, 0.25) is 0 Å². The standard InChI is InChI=1S/C15H14ClN3S/c1-9-8-20-15(18-9)10(2)19-14-5-6-17-13-4-3-11(16)7-12(13)14/h3-8,10H,1-2H3,(H,17,19)/t10-/m0/s1. The van der Waals surface area contributed by atoms with Gasteiger partial charge in [-0.2, -0.15) is 0 Å². The second-order valence-corrected chi connectivity index (χ2v) is 6.04. The molecule has 3 aromatic rings. The van der Waals surface area contributed by atoms with E-state index in [0.29, 0.717) is 5.02 Å². The Kier molecular flexibility index (Phi) is 3.59. The zero-order valence-electron chi connectivity index (χ0n) is 11.2. The minimum absolute atomic E-state index is 0.151. The van der Waals surface area contributed by atoms with E-state index in [1.807, 2.05) is 31.2 Å². The summed E-state index contributed by atoms with van der Waals surface area (Å²) in [4.78, 5) is 8.87. The summed E-state index contributed by atoms with van der Waals surface area (Å²) in [5.41, 5.74) is 3.01. The third-order valence-corrected chi connectivity index (χ3v) is 4.46. The van der Waals surface area contributed by atoms with E-state index in [-0.39, 0.29) is 6.04 Å². The number of benzene rings is 1. The van der Waals surface area contributed by atoms with Crippen molar-refractivity contribution < 1.29 is 0 Å². The van der Waals surface area contributed by atoms with Gasteiger partial charge in [-0.1, -0.05) is 11.6 Å². The third kappa shape index (κ3) is 2.62. The van der Waals surface area contributed by atoms with Crippen molar-refractivity contribution in [1.82, 2.24) is 9.97 Å². The molecule has 0 aliphatic heterocycles. The molecule has 0 aliphatic carbocycles. The number of fused-ring (bicyclic) bond motifs is 1. The summed E-state index contributed by atoms with van der Waals surface area (Å²) in [6.07, 6.45) is 1.80. The second kappa shape index (κ2) is 5.38. The van der Waals surface area contributed by atoms with Crippen molar-refractivity contribution in [3.05, 3.63) is 51.6 Å². The lowest BCUT2D eigenvalue weighted by Gasteiger charge is -2.14. The lowest BCUT2D eigenvalue weighted by Crippen LogP contribution is -2.06. The van der Waals surface area contributed by atoms with E-state index in [2.05, 4.69) is 27.6 Å². The van der Waals surface area contributed by atoms with Gasteiger partial charge in [0.1, 0.15) is 5.01 Å². The molecule has 0 saturated heterocycles. The third-order valence-electron chi connectivity index (χ3n) is 3.08. The Hall–Kier alpha value is -1.65. The smallest absolute Gasteiger partial charge is 0.115 e. The molecule has 1 aromatic carbocycles. The van der Waals surface area contributed by atoms with Crippen LogP contribution in [0.25, 0.3) is 10.9 Å². The maximum Gasteiger partial charge on any atom is 0.115 e. The maximum absolute atomic E-state index is 6.08. The van der Waals surface area contributed by atoms with Crippen molar-refractivity contribution in [2.75, 3.05) is 5.32 Å². The fourth-order valence-corrected chi connectivity index (χ4v) is 3.09. The van der Waals surface area contributed by atoms with Crippen LogP contribution in [0.2, 0.25) is 5.02 Å². The molecule has 5 heteroatoms. The first-order valence-electron chi connectivity index (χ1n) is 6.36. The molecule has 0 spiro atoms. The van der Waals surface area contributed by atoms with Crippen LogP contribution in [0.1, 0.15) is 23.7 Å². The Morgan fingerprint density at radius 3 is 2.90 bits per heavy atom. The number of hydrogen-bond donors (Lipinski definition) is 1. The molecule has 3 nitrogen and oxygen atoms in total. The van der Waals surface area contributed by atoms with Crippen molar-refractivity contribution in [3.8, 4) is 0 Å². The molecule has 1 atom stereocenters. The first-order chi connectivity index (χ1) is 9.63. The van der Waals surface area contributed by atoms with Gasteiger partial charge in [0.05, 0.1) is 11.6 Å². The largest absolute Gasteiger partial charge is 0.375 e. The predicted molar refractivity (Wildman–Crippen MR) is 85.6 cm³/mol. The first kappa shape index (κ1) is 13.3. The van der Waals surface area contributed by atoms with Gasteiger partial charge in [0.25, 0.3) is 0 Å². The second-order valence-electron chi connectivity index (χ2n) is 4.71. The number of aryl methyl sites for hydroxylation is 1. The van der Waals surface area contributed by atoms with Crippen LogP contribution in [-0.4, -0.2) is 9.97 Å². The molecule has 0 fully saturated rings. The number of halogens is 1. The molecular weight excluding hydrogens is 290 g/mol. The van der Waals surface area contributed by atoms with Crippen molar-refractivity contribution in [3.63, 3.8) is 0 Å². The summed E-state index contributed by atoms with van der Waals surface area (Å²) in [6, 6.07) is 7.84. The van der Waals surface area contributed by atoms with Crippen molar-refractivity contribution in [1.29, 1.82) is 0 Å². The van der Waals surface area contributed by atoms with E-state index < -0.39 is 0 Å². The van der Waals surface area contributed by atoms with Crippen LogP contribution in [0.15, 0.2) is 35.8 Å². The van der Waals surface area contributed by atoms with Gasteiger partial charge in [0, 0.05) is 33.4 Å². The highest BCUT2D eigenvalue weighted by molar-refractivity contribution is 7.09. The summed E-state index contributed by atoms with van der Waals surface area (Å²) < 4.78 is 0. The van der Waals surface area contributed by atoms with Gasteiger partial charge in [-0.15, -0.1) is 11.3 Å². The number of thiazole rings is 1. The fraction of sp³-hybridized carbons (Fsp3) is 0.200. The average Bonchev–Trinajstić information content (AvgIpc) is 2.86. The summed E-state index contributed by atoms with van der Waals surface area (Å²) in [5, 5.41) is 8.38. The molecule has 0 amide bonds. The highest BCUT2D eigenvalue weighted by Crippen LogP contribution is 2.28. The average molecular weight is 304 g/mol. The molecule has 3 rings (SSSR count). The first-order valence-corrected chi connectivity index (χ1v) is 7.62. The lowest BCUT2D eigenvalue weighted by molar-refractivity contribution is 0.865. The molecule has 0 bridgehead atoms. The Morgan fingerprint density at radius 2 is 2.15 bits per heavy atom. The molecule has 0 unspecified atom stereocenters. The minimum Gasteiger partial charge on any atom is -0.375 e. The van der Waals surface area contributed by atoms with Gasteiger partial charge in [0.15, 0.2) is 0 Å². The fourth-order valence-electron chi connectivity index (χ4n) is 2.11. The Morgan fingerprint density at radius 1 is 1.30 bits per heavy atom. The Bertz CT molecular complexity index is 754. The van der Waals surface area contributed by atoms with Crippen LogP contribution < -0.4 is 5.32 Å². The molecule has 20 heavy (non-hydrogen) atoms. The normalized spacial score (nSPS) is 12.6. The van der Waals surface area contributed by atoms with Crippen LogP contribution in [0.3, 0.4) is 0 Å². The van der Waals surface area contributed by atoms with Gasteiger partial charge in [-0.3, -0.25) is 4.98 Å². The highest BCUT2D eigenvalue weighted by Gasteiger charge is 2.11. The molecule has 0 saturated carbocycles. The van der Waals surface area contributed by atoms with E-state index in [4.69, 9.17) is 11.6 Å². The number of nitrogens with zero attached hydrogens (tertiary/aromatic N) is 2. The molecule has 1 N–H and O–H groups in total. The monoisotopic (exact) mass is 303 g/mol.